The van der Waals surface area contributed by atoms with Crippen molar-refractivity contribution in [3.8, 4) is 0 Å². The molecule has 0 aliphatic heterocycles. The molecule has 0 aliphatic rings. The Balaban J connectivity index is 2.27. The van der Waals surface area contributed by atoms with Gasteiger partial charge in [-0.25, -0.2) is 4.98 Å². The maximum absolute atomic E-state index is 4.21. The van der Waals surface area contributed by atoms with Gasteiger partial charge >= 0.3 is 0 Å². The van der Waals surface area contributed by atoms with E-state index >= 15 is 0 Å². The zero-order valence-corrected chi connectivity index (χ0v) is 9.45. The second kappa shape index (κ2) is 5.81. The van der Waals surface area contributed by atoms with Crippen LogP contribution in [0.25, 0.3) is 0 Å². The van der Waals surface area contributed by atoms with E-state index in [2.05, 4.69) is 28.7 Å². The molecule has 14 heavy (non-hydrogen) atoms. The highest BCUT2D eigenvalue weighted by atomic mass is 15.1. The lowest BCUT2D eigenvalue weighted by Gasteiger charge is -2.13. The van der Waals surface area contributed by atoms with Crippen molar-refractivity contribution in [2.75, 3.05) is 13.1 Å². The van der Waals surface area contributed by atoms with E-state index in [4.69, 9.17) is 0 Å². The van der Waals surface area contributed by atoms with E-state index in [1.807, 2.05) is 19.3 Å². The van der Waals surface area contributed by atoms with Crippen molar-refractivity contribution < 1.29 is 0 Å². The Morgan fingerprint density at radius 2 is 2.36 bits per heavy atom. The molecule has 0 saturated carbocycles. The third-order valence-corrected chi connectivity index (χ3v) is 2.35. The summed E-state index contributed by atoms with van der Waals surface area (Å²) in [5.74, 6) is 1.77. The van der Waals surface area contributed by atoms with Crippen molar-refractivity contribution in [3.05, 3.63) is 18.2 Å². The Kier molecular flexibility index (Phi) is 4.66. The number of hydrogen-bond acceptors (Lipinski definition) is 2. The lowest BCUT2D eigenvalue weighted by Crippen LogP contribution is -2.24. The van der Waals surface area contributed by atoms with Gasteiger partial charge in [-0.05, 0) is 32.4 Å². The second-order valence-corrected chi connectivity index (χ2v) is 3.94. The normalized spacial score (nSPS) is 13.1. The highest BCUT2D eigenvalue weighted by molar-refractivity contribution is 4.88. The van der Waals surface area contributed by atoms with Crippen LogP contribution in [-0.2, 0) is 6.54 Å². The Hall–Kier alpha value is -0.830. The largest absolute Gasteiger partial charge is 0.335 e. The molecule has 80 valence electrons. The Bertz CT molecular complexity index is 255. The van der Waals surface area contributed by atoms with Gasteiger partial charge in [-0.1, -0.05) is 13.8 Å². The summed E-state index contributed by atoms with van der Waals surface area (Å²) in [7, 11) is 0. The molecule has 0 spiro atoms. The minimum absolute atomic E-state index is 0.662. The zero-order valence-electron chi connectivity index (χ0n) is 9.45. The van der Waals surface area contributed by atoms with E-state index in [0.29, 0.717) is 5.92 Å². The highest BCUT2D eigenvalue weighted by Gasteiger charge is 2.03. The van der Waals surface area contributed by atoms with Gasteiger partial charge in [0.15, 0.2) is 0 Å². The molecule has 0 amide bonds. The Labute approximate surface area is 86.5 Å². The summed E-state index contributed by atoms with van der Waals surface area (Å²) in [6.45, 7) is 9.77. The molecule has 1 aromatic heterocycles. The summed E-state index contributed by atoms with van der Waals surface area (Å²) in [5.41, 5.74) is 0. The molecular formula is C11H21N3. The number of hydrogen-bond donors (Lipinski definition) is 1. The lowest BCUT2D eigenvalue weighted by atomic mass is 10.2. The Morgan fingerprint density at radius 1 is 1.57 bits per heavy atom. The van der Waals surface area contributed by atoms with E-state index in [0.717, 1.165) is 25.5 Å². The first-order chi connectivity index (χ1) is 6.74. The smallest absolute Gasteiger partial charge is 0.105 e. The Morgan fingerprint density at radius 3 is 2.93 bits per heavy atom. The number of aryl methyl sites for hydroxylation is 1. The van der Waals surface area contributed by atoms with Crippen LogP contribution in [0.4, 0.5) is 0 Å². The minimum Gasteiger partial charge on any atom is -0.335 e. The standard InChI is InChI=1S/C11H21N3/c1-4-5-12-8-10(2)9-14-7-6-13-11(14)3/h6-7,10,12H,4-5,8-9H2,1-3H3. The first-order valence-electron chi connectivity index (χ1n) is 5.42. The maximum Gasteiger partial charge on any atom is 0.105 e. The predicted octanol–water partition coefficient (Wildman–Crippen LogP) is 1.83. The lowest BCUT2D eigenvalue weighted by molar-refractivity contribution is 0.441. The molecule has 1 aromatic rings. The van der Waals surface area contributed by atoms with Crippen LogP contribution in [0.2, 0.25) is 0 Å². The molecule has 1 unspecified atom stereocenters. The fourth-order valence-corrected chi connectivity index (χ4v) is 1.52. The molecule has 3 nitrogen and oxygen atoms in total. The van der Waals surface area contributed by atoms with E-state index < -0.39 is 0 Å². The summed E-state index contributed by atoms with van der Waals surface area (Å²) in [4.78, 5) is 4.21. The minimum atomic E-state index is 0.662. The number of imidazole rings is 1. The van der Waals surface area contributed by atoms with Crippen LogP contribution >= 0.6 is 0 Å². The number of aromatic nitrogens is 2. The molecule has 0 fully saturated rings. The maximum atomic E-state index is 4.21. The topological polar surface area (TPSA) is 29.9 Å². The van der Waals surface area contributed by atoms with Gasteiger partial charge < -0.3 is 9.88 Å². The van der Waals surface area contributed by atoms with E-state index in [1.54, 1.807) is 0 Å². The van der Waals surface area contributed by atoms with Gasteiger partial charge in [-0.2, -0.15) is 0 Å². The predicted molar refractivity (Wildman–Crippen MR) is 59.3 cm³/mol. The van der Waals surface area contributed by atoms with E-state index in [-0.39, 0.29) is 0 Å². The van der Waals surface area contributed by atoms with Crippen LogP contribution in [0, 0.1) is 12.8 Å². The van der Waals surface area contributed by atoms with E-state index in [1.165, 1.54) is 6.42 Å². The third-order valence-electron chi connectivity index (χ3n) is 2.35. The van der Waals surface area contributed by atoms with Crippen LogP contribution in [0.1, 0.15) is 26.1 Å². The average Bonchev–Trinajstić information content (AvgIpc) is 2.52. The van der Waals surface area contributed by atoms with Crippen molar-refractivity contribution in [1.29, 1.82) is 0 Å². The average molecular weight is 195 g/mol. The first kappa shape index (κ1) is 11.2. The first-order valence-corrected chi connectivity index (χ1v) is 5.42. The molecular weight excluding hydrogens is 174 g/mol. The number of rotatable bonds is 6. The summed E-state index contributed by atoms with van der Waals surface area (Å²) >= 11 is 0. The molecule has 1 N–H and O–H groups in total. The van der Waals surface area contributed by atoms with Crippen LogP contribution in [-0.4, -0.2) is 22.6 Å². The van der Waals surface area contributed by atoms with E-state index in [9.17, 15) is 0 Å². The molecule has 0 bridgehead atoms. The van der Waals surface area contributed by atoms with Gasteiger partial charge in [-0.15, -0.1) is 0 Å². The molecule has 0 radical (unpaired) electrons. The summed E-state index contributed by atoms with van der Waals surface area (Å²) < 4.78 is 2.21. The number of nitrogens with zero attached hydrogens (tertiary/aromatic N) is 2. The van der Waals surface area contributed by atoms with Crippen molar-refractivity contribution in [2.45, 2.75) is 33.7 Å². The quantitative estimate of drug-likeness (QED) is 0.702. The van der Waals surface area contributed by atoms with Gasteiger partial charge in [-0.3, -0.25) is 0 Å². The summed E-state index contributed by atoms with van der Waals surface area (Å²) in [6, 6.07) is 0. The molecule has 0 saturated heterocycles. The fourth-order valence-electron chi connectivity index (χ4n) is 1.52. The van der Waals surface area contributed by atoms with Gasteiger partial charge in [0.05, 0.1) is 0 Å². The van der Waals surface area contributed by atoms with Crippen LogP contribution in [0.5, 0.6) is 0 Å². The third kappa shape index (κ3) is 3.50. The van der Waals surface area contributed by atoms with Gasteiger partial charge in [0.2, 0.25) is 0 Å². The van der Waals surface area contributed by atoms with Gasteiger partial charge in [0.1, 0.15) is 5.82 Å². The number of nitrogens with one attached hydrogen (secondary N) is 1. The second-order valence-electron chi connectivity index (χ2n) is 3.94. The van der Waals surface area contributed by atoms with Gasteiger partial charge in [0.25, 0.3) is 0 Å². The monoisotopic (exact) mass is 195 g/mol. The van der Waals surface area contributed by atoms with Crippen molar-refractivity contribution >= 4 is 0 Å². The fraction of sp³-hybridized carbons (Fsp3) is 0.727. The van der Waals surface area contributed by atoms with Crippen molar-refractivity contribution in [2.24, 2.45) is 5.92 Å². The van der Waals surface area contributed by atoms with Crippen molar-refractivity contribution in [1.82, 2.24) is 14.9 Å². The van der Waals surface area contributed by atoms with Gasteiger partial charge in [0, 0.05) is 18.9 Å². The molecule has 0 aromatic carbocycles. The zero-order chi connectivity index (χ0) is 10.4. The van der Waals surface area contributed by atoms with Crippen molar-refractivity contribution in [3.63, 3.8) is 0 Å². The molecule has 0 aliphatic carbocycles. The SMILES string of the molecule is CCCNCC(C)Cn1ccnc1C. The summed E-state index contributed by atoms with van der Waals surface area (Å²) in [6.07, 6.45) is 5.12. The van der Waals surface area contributed by atoms with Crippen LogP contribution in [0.3, 0.4) is 0 Å². The molecule has 1 heterocycles. The molecule has 3 heteroatoms. The van der Waals surface area contributed by atoms with Crippen LogP contribution < -0.4 is 5.32 Å². The molecule has 1 rings (SSSR count). The molecule has 1 atom stereocenters. The van der Waals surface area contributed by atoms with Crippen LogP contribution in [0.15, 0.2) is 12.4 Å². The summed E-state index contributed by atoms with van der Waals surface area (Å²) in [5, 5.41) is 3.43. The highest BCUT2D eigenvalue weighted by Crippen LogP contribution is 2.02.